The van der Waals surface area contributed by atoms with E-state index in [2.05, 4.69) is 5.32 Å². The predicted molar refractivity (Wildman–Crippen MR) is 153 cm³/mol. The van der Waals surface area contributed by atoms with Gasteiger partial charge in [-0.25, -0.2) is 0 Å². The van der Waals surface area contributed by atoms with E-state index in [-0.39, 0.29) is 54.8 Å². The normalized spacial score (nSPS) is 12.7. The minimum atomic E-state index is -0.390. The van der Waals surface area contributed by atoms with Gasteiger partial charge in [-0.15, -0.1) is 0 Å². The van der Waals surface area contributed by atoms with Crippen LogP contribution in [-0.4, -0.2) is 62.2 Å². The highest BCUT2D eigenvalue weighted by molar-refractivity contribution is 6.06. The molecular weight excluding hydrogens is 512 g/mol. The van der Waals surface area contributed by atoms with Crippen LogP contribution in [-0.2, 0) is 28.0 Å². The maximum Gasteiger partial charge on any atom is 0.224 e. The molecule has 0 saturated carbocycles. The minimum Gasteiger partial charge on any atom is -0.494 e. The van der Waals surface area contributed by atoms with Crippen LogP contribution >= 0.6 is 0 Å². The number of benzene rings is 2. The molecule has 0 bridgehead atoms. The second-order valence-electron chi connectivity index (χ2n) is 10.8. The predicted octanol–water partition coefficient (Wildman–Crippen LogP) is 3.35. The number of Topliss-reactive ketones (excluding diaryl/α,β-unsaturated/α-hetero) is 1. The lowest BCUT2D eigenvalue weighted by Gasteiger charge is -2.26. The first-order valence-corrected chi connectivity index (χ1v) is 13.4. The van der Waals surface area contributed by atoms with E-state index in [1.807, 2.05) is 45.9 Å². The van der Waals surface area contributed by atoms with Crippen molar-refractivity contribution in [2.45, 2.75) is 58.9 Å². The van der Waals surface area contributed by atoms with Crippen molar-refractivity contribution in [2.75, 3.05) is 33.9 Å². The van der Waals surface area contributed by atoms with Gasteiger partial charge < -0.3 is 30.2 Å². The van der Waals surface area contributed by atoms with Gasteiger partial charge in [0.1, 0.15) is 11.6 Å². The Kier molecular flexibility index (Phi) is 9.78. The highest BCUT2D eigenvalue weighted by Crippen LogP contribution is 2.40. The topological polar surface area (TPSA) is 144 Å². The van der Waals surface area contributed by atoms with Crippen LogP contribution in [0.15, 0.2) is 24.3 Å². The summed E-state index contributed by atoms with van der Waals surface area (Å²) in [6.07, 6.45) is 0.821. The Morgan fingerprint density at radius 2 is 1.82 bits per heavy atom. The molecule has 0 spiro atoms. The SMILES string of the molecule is CCOc1cc2c(cc1CC(=O)NC)C(=N)N(CC(=O)c1cc(OC)c(OCCCC(N)=O)c(C(C)(C)C)c1)C2. The van der Waals surface area contributed by atoms with E-state index in [4.69, 9.17) is 25.4 Å². The standard InChI is InChI=1S/C30H40N4O6/c1-7-39-24-14-20-16-34(29(32)21(20)11-19(24)15-27(37)33-5)17-23(35)18-12-22(30(2,3)4)28(25(13-18)38-6)40-10-8-9-26(31)36/h11-14,32H,7-10,15-17H2,1-6H3,(H2,31,36)(H,33,37). The monoisotopic (exact) mass is 552 g/mol. The largest absolute Gasteiger partial charge is 0.494 e. The number of methoxy groups -OCH3 is 1. The van der Waals surface area contributed by atoms with Crippen LogP contribution in [0.1, 0.15) is 73.1 Å². The third-order valence-corrected chi connectivity index (χ3v) is 6.70. The number of fused-ring (bicyclic) bond motifs is 1. The molecule has 1 heterocycles. The van der Waals surface area contributed by atoms with E-state index in [1.54, 1.807) is 18.0 Å². The fourth-order valence-electron chi connectivity index (χ4n) is 4.60. The van der Waals surface area contributed by atoms with Gasteiger partial charge in [0, 0.05) is 42.3 Å². The summed E-state index contributed by atoms with van der Waals surface area (Å²) in [5.74, 6) is 1.08. The van der Waals surface area contributed by atoms with Gasteiger partial charge in [-0.2, -0.15) is 0 Å². The Morgan fingerprint density at radius 3 is 2.42 bits per heavy atom. The number of primary amides is 1. The smallest absolute Gasteiger partial charge is 0.224 e. The van der Waals surface area contributed by atoms with Crippen LogP contribution in [0.25, 0.3) is 0 Å². The van der Waals surface area contributed by atoms with Crippen molar-refractivity contribution in [1.29, 1.82) is 5.41 Å². The number of ketones is 1. The molecule has 0 saturated heterocycles. The van der Waals surface area contributed by atoms with E-state index in [0.29, 0.717) is 53.5 Å². The lowest BCUT2D eigenvalue weighted by atomic mass is 9.84. The quantitative estimate of drug-likeness (QED) is 0.255. The van der Waals surface area contributed by atoms with Crippen LogP contribution in [0.4, 0.5) is 0 Å². The summed E-state index contributed by atoms with van der Waals surface area (Å²) < 4.78 is 17.4. The van der Waals surface area contributed by atoms with Crippen LogP contribution in [0.2, 0.25) is 0 Å². The Hall–Kier alpha value is -4.08. The molecule has 1 aliphatic rings. The summed E-state index contributed by atoms with van der Waals surface area (Å²) in [6.45, 7) is 9.04. The van der Waals surface area contributed by atoms with Crippen LogP contribution in [0, 0.1) is 5.41 Å². The summed E-state index contributed by atoms with van der Waals surface area (Å²) in [5.41, 5.74) is 8.38. The third kappa shape index (κ3) is 7.11. The molecule has 0 aliphatic carbocycles. The van der Waals surface area contributed by atoms with E-state index in [9.17, 15) is 14.4 Å². The number of hydrogen-bond donors (Lipinski definition) is 3. The molecule has 0 unspecified atom stereocenters. The van der Waals surface area contributed by atoms with E-state index >= 15 is 0 Å². The van der Waals surface area contributed by atoms with Gasteiger partial charge in [0.05, 0.1) is 33.3 Å². The summed E-state index contributed by atoms with van der Waals surface area (Å²) in [4.78, 5) is 38.4. The van der Waals surface area contributed by atoms with E-state index < -0.39 is 0 Å². The molecule has 2 aromatic rings. The van der Waals surface area contributed by atoms with Crippen molar-refractivity contribution < 1.29 is 28.6 Å². The average Bonchev–Trinajstić information content (AvgIpc) is 3.19. The summed E-state index contributed by atoms with van der Waals surface area (Å²) in [6, 6.07) is 7.15. The number of nitrogens with zero attached hydrogens (tertiary/aromatic N) is 1. The molecule has 4 N–H and O–H groups in total. The summed E-state index contributed by atoms with van der Waals surface area (Å²) in [5, 5.41) is 11.4. The third-order valence-electron chi connectivity index (χ3n) is 6.70. The molecule has 3 rings (SSSR count). The molecule has 10 nitrogen and oxygen atoms in total. The van der Waals surface area contributed by atoms with Crippen molar-refractivity contribution in [3.05, 3.63) is 52.1 Å². The Labute approximate surface area is 235 Å². The van der Waals surface area contributed by atoms with Gasteiger partial charge in [0.25, 0.3) is 0 Å². The highest BCUT2D eigenvalue weighted by atomic mass is 16.5. The number of amides is 2. The van der Waals surface area contributed by atoms with Crippen molar-refractivity contribution in [3.8, 4) is 17.2 Å². The van der Waals surface area contributed by atoms with Gasteiger partial charge in [-0.1, -0.05) is 20.8 Å². The molecule has 0 fully saturated rings. The zero-order valence-corrected chi connectivity index (χ0v) is 24.2. The number of nitrogens with one attached hydrogen (secondary N) is 2. The number of hydrogen-bond acceptors (Lipinski definition) is 7. The molecule has 0 aromatic heterocycles. The number of likely N-dealkylation sites (N-methyl/N-ethyl adjacent to an activating group) is 1. The summed E-state index contributed by atoms with van der Waals surface area (Å²) >= 11 is 0. The zero-order valence-electron chi connectivity index (χ0n) is 24.2. The van der Waals surface area contributed by atoms with Gasteiger partial charge in [0.2, 0.25) is 11.8 Å². The molecule has 2 aromatic carbocycles. The molecule has 0 atom stereocenters. The van der Waals surface area contributed by atoms with Crippen LogP contribution in [0.3, 0.4) is 0 Å². The Balaban J connectivity index is 1.86. The lowest BCUT2D eigenvalue weighted by molar-refractivity contribution is -0.120. The van der Waals surface area contributed by atoms with Gasteiger partial charge >= 0.3 is 0 Å². The molecule has 1 aliphatic heterocycles. The first-order valence-electron chi connectivity index (χ1n) is 13.4. The zero-order chi connectivity index (χ0) is 29.6. The van der Waals surface area contributed by atoms with E-state index in [1.165, 1.54) is 7.11 Å². The van der Waals surface area contributed by atoms with Crippen LogP contribution in [0.5, 0.6) is 17.2 Å². The molecule has 40 heavy (non-hydrogen) atoms. The van der Waals surface area contributed by atoms with Gasteiger partial charge in [0.15, 0.2) is 17.3 Å². The number of nitrogens with two attached hydrogens (primary N) is 1. The maximum absolute atomic E-state index is 13.5. The van der Waals surface area contributed by atoms with Crippen LogP contribution < -0.4 is 25.3 Å². The Morgan fingerprint density at radius 1 is 1.10 bits per heavy atom. The molecule has 10 heteroatoms. The number of carbonyl (C=O) groups excluding carboxylic acids is 3. The second-order valence-corrected chi connectivity index (χ2v) is 10.8. The highest BCUT2D eigenvalue weighted by Gasteiger charge is 2.30. The van der Waals surface area contributed by atoms with Crippen molar-refractivity contribution >= 4 is 23.4 Å². The molecule has 216 valence electrons. The average molecular weight is 553 g/mol. The maximum atomic E-state index is 13.5. The number of amidine groups is 1. The molecule has 2 amide bonds. The minimum absolute atomic E-state index is 0.00614. The van der Waals surface area contributed by atoms with Gasteiger partial charge in [-0.3, -0.25) is 19.8 Å². The van der Waals surface area contributed by atoms with E-state index in [0.717, 1.165) is 11.1 Å². The molecule has 0 radical (unpaired) electrons. The fraction of sp³-hybridized carbons (Fsp3) is 0.467. The van der Waals surface area contributed by atoms with Crippen molar-refractivity contribution in [2.24, 2.45) is 5.73 Å². The second kappa shape index (κ2) is 12.8. The molecular formula is C30H40N4O6. The number of carbonyl (C=O) groups is 3. The summed E-state index contributed by atoms with van der Waals surface area (Å²) in [7, 11) is 3.10. The number of rotatable bonds is 13. The van der Waals surface area contributed by atoms with Crippen molar-refractivity contribution in [1.82, 2.24) is 10.2 Å². The first kappa shape index (κ1) is 30.5. The first-order chi connectivity index (χ1) is 18.9. The van der Waals surface area contributed by atoms with Crippen molar-refractivity contribution in [3.63, 3.8) is 0 Å². The Bertz CT molecular complexity index is 1300. The van der Waals surface area contributed by atoms with Gasteiger partial charge in [-0.05, 0) is 48.6 Å². The lowest BCUT2D eigenvalue weighted by Crippen LogP contribution is -2.30. The number of ether oxygens (including phenoxy) is 3. The fourth-order valence-corrected chi connectivity index (χ4v) is 4.60.